The molecule has 2 atom stereocenters. The van der Waals surface area contributed by atoms with Crippen LogP contribution in [0.3, 0.4) is 0 Å². The van der Waals surface area contributed by atoms with Gasteiger partial charge in [0.15, 0.2) is 0 Å². The zero-order chi connectivity index (χ0) is 15.9. The standard InChI is InChI=1S/C18H28N2O2.ClH/c1-14(13-19-2)18(21)20-12-6-4-5-7-17(20)15-8-10-16(22-3)11-9-15;/h8-11,14,17,19H,4-7,12-13H2,1-3H3;1H. The van der Waals surface area contributed by atoms with Crippen molar-refractivity contribution in [2.24, 2.45) is 5.92 Å². The lowest BCUT2D eigenvalue weighted by Gasteiger charge is -2.32. The first-order valence-corrected chi connectivity index (χ1v) is 8.26. The Balaban J connectivity index is 0.00000264. The Kier molecular flexibility index (Phi) is 8.42. The Bertz CT molecular complexity index is 478. The molecule has 130 valence electrons. The van der Waals surface area contributed by atoms with Crippen molar-refractivity contribution in [2.75, 3.05) is 27.2 Å². The first-order valence-electron chi connectivity index (χ1n) is 8.26. The Labute approximate surface area is 146 Å². The Morgan fingerprint density at radius 2 is 2.00 bits per heavy atom. The SMILES string of the molecule is CNCC(C)C(=O)N1CCCCCC1c1ccc(OC)cc1.Cl. The second kappa shape index (κ2) is 9.78. The highest BCUT2D eigenvalue weighted by molar-refractivity contribution is 5.85. The highest BCUT2D eigenvalue weighted by atomic mass is 35.5. The fourth-order valence-electron chi connectivity index (χ4n) is 3.22. The maximum Gasteiger partial charge on any atom is 0.227 e. The van der Waals surface area contributed by atoms with Crippen LogP contribution in [0.1, 0.15) is 44.2 Å². The fourth-order valence-corrected chi connectivity index (χ4v) is 3.22. The summed E-state index contributed by atoms with van der Waals surface area (Å²) in [6.45, 7) is 3.60. The monoisotopic (exact) mass is 340 g/mol. The molecule has 2 rings (SSSR count). The van der Waals surface area contributed by atoms with E-state index in [2.05, 4.69) is 22.3 Å². The molecular weight excluding hydrogens is 312 g/mol. The minimum absolute atomic E-state index is 0. The van der Waals surface area contributed by atoms with Crippen LogP contribution in [0.4, 0.5) is 0 Å². The van der Waals surface area contributed by atoms with Gasteiger partial charge in [-0.15, -0.1) is 12.4 Å². The predicted molar refractivity (Wildman–Crippen MR) is 96.3 cm³/mol. The molecule has 1 aliphatic heterocycles. The number of hydrogen-bond acceptors (Lipinski definition) is 3. The lowest BCUT2D eigenvalue weighted by Crippen LogP contribution is -2.40. The molecular formula is C18H29ClN2O2. The van der Waals surface area contributed by atoms with Crippen LogP contribution < -0.4 is 10.1 Å². The minimum Gasteiger partial charge on any atom is -0.497 e. The molecule has 1 amide bonds. The predicted octanol–water partition coefficient (Wildman–Crippen LogP) is 3.42. The molecule has 0 aliphatic carbocycles. The second-order valence-corrected chi connectivity index (χ2v) is 6.13. The van der Waals surface area contributed by atoms with E-state index in [9.17, 15) is 4.79 Å². The van der Waals surface area contributed by atoms with Crippen LogP contribution in [-0.2, 0) is 4.79 Å². The third kappa shape index (κ3) is 5.11. The van der Waals surface area contributed by atoms with E-state index in [1.54, 1.807) is 7.11 Å². The smallest absolute Gasteiger partial charge is 0.227 e. The van der Waals surface area contributed by atoms with Gasteiger partial charge >= 0.3 is 0 Å². The van der Waals surface area contributed by atoms with Gasteiger partial charge in [-0.1, -0.05) is 31.9 Å². The van der Waals surface area contributed by atoms with Gasteiger partial charge in [-0.3, -0.25) is 4.79 Å². The number of ether oxygens (including phenoxy) is 1. The van der Waals surface area contributed by atoms with Crippen LogP contribution in [0.25, 0.3) is 0 Å². The van der Waals surface area contributed by atoms with Gasteiger partial charge < -0.3 is 15.0 Å². The van der Waals surface area contributed by atoms with Crippen molar-refractivity contribution in [3.63, 3.8) is 0 Å². The van der Waals surface area contributed by atoms with E-state index in [-0.39, 0.29) is 30.3 Å². The first-order chi connectivity index (χ1) is 10.7. The molecule has 0 bridgehead atoms. The summed E-state index contributed by atoms with van der Waals surface area (Å²) in [6, 6.07) is 8.36. The van der Waals surface area contributed by atoms with Crippen LogP contribution >= 0.6 is 12.4 Å². The minimum atomic E-state index is 0. The summed E-state index contributed by atoms with van der Waals surface area (Å²) in [5.74, 6) is 1.14. The lowest BCUT2D eigenvalue weighted by molar-refractivity contribution is -0.137. The summed E-state index contributed by atoms with van der Waals surface area (Å²) >= 11 is 0. The summed E-state index contributed by atoms with van der Waals surface area (Å²) in [5, 5.41) is 3.11. The Morgan fingerprint density at radius 1 is 1.30 bits per heavy atom. The van der Waals surface area contributed by atoms with Crippen molar-refractivity contribution in [3.8, 4) is 5.75 Å². The molecule has 0 saturated carbocycles. The zero-order valence-corrected chi connectivity index (χ0v) is 15.2. The molecule has 5 heteroatoms. The first kappa shape index (κ1) is 19.8. The highest BCUT2D eigenvalue weighted by Gasteiger charge is 2.29. The summed E-state index contributed by atoms with van der Waals surface area (Å²) in [4.78, 5) is 14.9. The molecule has 2 unspecified atom stereocenters. The number of carbonyl (C=O) groups excluding carboxylic acids is 1. The highest BCUT2D eigenvalue weighted by Crippen LogP contribution is 2.32. The molecule has 1 aliphatic rings. The second-order valence-electron chi connectivity index (χ2n) is 6.13. The largest absolute Gasteiger partial charge is 0.497 e. The fraction of sp³-hybridized carbons (Fsp3) is 0.611. The molecule has 1 saturated heterocycles. The van der Waals surface area contributed by atoms with Gasteiger partial charge in [0, 0.05) is 19.0 Å². The van der Waals surface area contributed by atoms with E-state index in [1.165, 1.54) is 18.4 Å². The molecule has 4 nitrogen and oxygen atoms in total. The number of methoxy groups -OCH3 is 1. The van der Waals surface area contributed by atoms with E-state index in [1.807, 2.05) is 26.1 Å². The number of carbonyl (C=O) groups is 1. The van der Waals surface area contributed by atoms with Gasteiger partial charge in [0.05, 0.1) is 13.2 Å². The molecule has 0 spiro atoms. The van der Waals surface area contributed by atoms with E-state index in [4.69, 9.17) is 4.74 Å². The number of amides is 1. The number of hydrogen-bond donors (Lipinski definition) is 1. The number of nitrogens with one attached hydrogen (secondary N) is 1. The van der Waals surface area contributed by atoms with Crippen molar-refractivity contribution in [1.29, 1.82) is 0 Å². The lowest BCUT2D eigenvalue weighted by atomic mass is 9.99. The third-order valence-corrected chi connectivity index (χ3v) is 4.47. The number of likely N-dealkylation sites (tertiary alicyclic amines) is 1. The summed E-state index contributed by atoms with van der Waals surface area (Å²) in [6.07, 6.45) is 4.53. The quantitative estimate of drug-likeness (QED) is 0.893. The molecule has 1 fully saturated rings. The van der Waals surface area contributed by atoms with Crippen molar-refractivity contribution in [2.45, 2.75) is 38.6 Å². The van der Waals surface area contributed by atoms with Crippen LogP contribution in [0, 0.1) is 5.92 Å². The van der Waals surface area contributed by atoms with Crippen molar-refractivity contribution in [1.82, 2.24) is 10.2 Å². The Hall–Kier alpha value is -1.26. The summed E-state index contributed by atoms with van der Waals surface area (Å²) in [5.41, 5.74) is 1.22. The van der Waals surface area contributed by atoms with Crippen LogP contribution in [0.2, 0.25) is 0 Å². The molecule has 1 aromatic carbocycles. The van der Waals surface area contributed by atoms with Gasteiger partial charge in [0.2, 0.25) is 5.91 Å². The number of halogens is 1. The van der Waals surface area contributed by atoms with Gasteiger partial charge in [0.1, 0.15) is 5.75 Å². The van der Waals surface area contributed by atoms with Crippen molar-refractivity contribution in [3.05, 3.63) is 29.8 Å². The summed E-state index contributed by atoms with van der Waals surface area (Å²) in [7, 11) is 3.57. The van der Waals surface area contributed by atoms with Gasteiger partial charge in [-0.2, -0.15) is 0 Å². The molecule has 1 heterocycles. The molecule has 1 N–H and O–H groups in total. The normalized spacial score (nSPS) is 19.4. The average molecular weight is 341 g/mol. The molecule has 0 radical (unpaired) electrons. The average Bonchev–Trinajstić information content (AvgIpc) is 2.80. The van der Waals surface area contributed by atoms with E-state index in [0.717, 1.165) is 31.7 Å². The maximum atomic E-state index is 12.8. The van der Waals surface area contributed by atoms with Crippen molar-refractivity contribution >= 4 is 18.3 Å². The van der Waals surface area contributed by atoms with E-state index < -0.39 is 0 Å². The number of benzene rings is 1. The van der Waals surface area contributed by atoms with Gasteiger partial charge in [0.25, 0.3) is 0 Å². The number of nitrogens with zero attached hydrogens (tertiary/aromatic N) is 1. The van der Waals surface area contributed by atoms with E-state index in [0.29, 0.717) is 0 Å². The van der Waals surface area contributed by atoms with E-state index >= 15 is 0 Å². The topological polar surface area (TPSA) is 41.6 Å². The zero-order valence-electron chi connectivity index (χ0n) is 14.4. The van der Waals surface area contributed by atoms with Gasteiger partial charge in [-0.25, -0.2) is 0 Å². The molecule has 23 heavy (non-hydrogen) atoms. The third-order valence-electron chi connectivity index (χ3n) is 4.47. The number of rotatable bonds is 5. The van der Waals surface area contributed by atoms with Crippen LogP contribution in [-0.4, -0.2) is 38.1 Å². The van der Waals surface area contributed by atoms with Crippen LogP contribution in [0.15, 0.2) is 24.3 Å². The Morgan fingerprint density at radius 3 is 2.61 bits per heavy atom. The van der Waals surface area contributed by atoms with Crippen LogP contribution in [0.5, 0.6) is 5.75 Å². The molecule has 1 aromatic rings. The van der Waals surface area contributed by atoms with Gasteiger partial charge in [-0.05, 0) is 37.6 Å². The summed E-state index contributed by atoms with van der Waals surface area (Å²) < 4.78 is 5.24. The maximum absolute atomic E-state index is 12.8. The molecule has 0 aromatic heterocycles. The van der Waals surface area contributed by atoms with Crippen molar-refractivity contribution < 1.29 is 9.53 Å².